The molecular weight excluding hydrogens is 158 g/mol. The molecule has 0 bridgehead atoms. The highest BCUT2D eigenvalue weighted by Crippen LogP contribution is 2.27. The van der Waals surface area contributed by atoms with Crippen LogP contribution in [0.4, 0.5) is 0 Å². The van der Waals surface area contributed by atoms with Gasteiger partial charge >= 0.3 is 0 Å². The maximum absolute atomic E-state index is 5.95. The molecule has 0 fully saturated rings. The van der Waals surface area contributed by atoms with Gasteiger partial charge < -0.3 is 5.73 Å². The molecule has 1 heteroatoms. The van der Waals surface area contributed by atoms with Crippen LogP contribution in [0.1, 0.15) is 19.8 Å². The lowest BCUT2D eigenvalue weighted by Crippen LogP contribution is -2.24. The van der Waals surface area contributed by atoms with Crippen LogP contribution in [0.2, 0.25) is 0 Å². The molecule has 70 valence electrons. The Hall–Kier alpha value is -1.08. The van der Waals surface area contributed by atoms with Crippen molar-refractivity contribution in [2.75, 3.05) is 0 Å². The summed E-state index contributed by atoms with van der Waals surface area (Å²) in [6, 6.07) is 0.0980. The summed E-state index contributed by atoms with van der Waals surface area (Å²) >= 11 is 0. The van der Waals surface area contributed by atoms with Crippen molar-refractivity contribution in [2.45, 2.75) is 25.8 Å². The molecule has 0 aromatic heterocycles. The lowest BCUT2D eigenvalue weighted by atomic mass is 9.86. The van der Waals surface area contributed by atoms with Crippen LogP contribution in [0.25, 0.3) is 0 Å². The maximum atomic E-state index is 5.95. The Bertz CT molecular complexity index is 281. The number of nitrogens with two attached hydrogens (primary N) is 1. The molecule has 0 amide bonds. The predicted molar refractivity (Wildman–Crippen MR) is 58.4 cm³/mol. The summed E-state index contributed by atoms with van der Waals surface area (Å²) in [5.41, 5.74) is 9.60. The van der Waals surface area contributed by atoms with Gasteiger partial charge in [-0.05, 0) is 29.6 Å². The fourth-order valence-electron chi connectivity index (χ4n) is 1.74. The summed E-state index contributed by atoms with van der Waals surface area (Å²) in [6.07, 6.45) is 7.89. The smallest absolute Gasteiger partial charge is 0.0335 e. The molecule has 0 saturated carbocycles. The minimum Gasteiger partial charge on any atom is -0.324 e. The zero-order valence-corrected chi connectivity index (χ0v) is 8.22. The molecule has 1 nitrogen and oxygen atoms in total. The highest BCUT2D eigenvalue weighted by molar-refractivity contribution is 5.50. The summed E-state index contributed by atoms with van der Waals surface area (Å²) in [5.74, 6) is 0. The summed E-state index contributed by atoms with van der Waals surface area (Å²) < 4.78 is 0. The van der Waals surface area contributed by atoms with Gasteiger partial charge in [-0.1, -0.05) is 38.3 Å². The summed E-state index contributed by atoms with van der Waals surface area (Å²) in [6.45, 7) is 9.75. The van der Waals surface area contributed by atoms with Gasteiger partial charge in [0, 0.05) is 6.04 Å². The molecule has 2 N–H and O–H groups in total. The Morgan fingerprint density at radius 2 is 2.23 bits per heavy atom. The third-order valence-electron chi connectivity index (χ3n) is 2.48. The Labute approximate surface area is 80.3 Å². The lowest BCUT2D eigenvalue weighted by Gasteiger charge is -2.22. The second-order valence-electron chi connectivity index (χ2n) is 3.20. The fraction of sp³-hybridized carbons (Fsp3) is 0.333. The summed E-state index contributed by atoms with van der Waals surface area (Å²) in [5, 5.41) is 0. The van der Waals surface area contributed by atoms with Gasteiger partial charge in [0.1, 0.15) is 0 Å². The van der Waals surface area contributed by atoms with Crippen molar-refractivity contribution in [2.24, 2.45) is 5.73 Å². The number of allylic oxidation sites excluding steroid dienone is 3. The summed E-state index contributed by atoms with van der Waals surface area (Å²) in [4.78, 5) is 0. The van der Waals surface area contributed by atoms with E-state index in [1.807, 2.05) is 12.2 Å². The Morgan fingerprint density at radius 3 is 2.69 bits per heavy atom. The van der Waals surface area contributed by atoms with Crippen LogP contribution >= 0.6 is 0 Å². The van der Waals surface area contributed by atoms with E-state index in [1.54, 1.807) is 0 Å². The quantitative estimate of drug-likeness (QED) is 0.701. The number of hydrogen-bond donors (Lipinski definition) is 1. The molecule has 1 aliphatic carbocycles. The van der Waals surface area contributed by atoms with Crippen LogP contribution in [0.3, 0.4) is 0 Å². The molecule has 0 radical (unpaired) electrons. The molecule has 0 aromatic carbocycles. The third-order valence-corrected chi connectivity index (χ3v) is 2.48. The standard InChI is InChI=1S/C12H17N/c1-4-9-7-8-12(13)11(6-3)10(9)5-2/h5-7,12H,2-4,8,13H2,1H3. The van der Waals surface area contributed by atoms with Crippen LogP contribution in [0, 0.1) is 0 Å². The van der Waals surface area contributed by atoms with Gasteiger partial charge in [0.15, 0.2) is 0 Å². The van der Waals surface area contributed by atoms with Gasteiger partial charge in [-0.15, -0.1) is 0 Å². The highest BCUT2D eigenvalue weighted by Gasteiger charge is 2.16. The first-order chi connectivity index (χ1) is 6.24. The van der Waals surface area contributed by atoms with Gasteiger partial charge in [0.25, 0.3) is 0 Å². The van der Waals surface area contributed by atoms with E-state index < -0.39 is 0 Å². The van der Waals surface area contributed by atoms with Crippen LogP contribution in [-0.2, 0) is 0 Å². The Morgan fingerprint density at radius 1 is 1.54 bits per heavy atom. The molecule has 13 heavy (non-hydrogen) atoms. The third kappa shape index (κ3) is 1.81. The molecule has 0 aliphatic heterocycles. The molecule has 0 saturated heterocycles. The van der Waals surface area contributed by atoms with E-state index in [1.165, 1.54) is 11.1 Å². The molecule has 1 atom stereocenters. The first kappa shape index (κ1) is 10.0. The average Bonchev–Trinajstić information content (AvgIpc) is 2.17. The van der Waals surface area contributed by atoms with Crippen LogP contribution in [0.15, 0.2) is 48.1 Å². The van der Waals surface area contributed by atoms with Gasteiger partial charge in [0.2, 0.25) is 0 Å². The molecule has 0 heterocycles. The van der Waals surface area contributed by atoms with Crippen LogP contribution < -0.4 is 5.73 Å². The van der Waals surface area contributed by atoms with E-state index in [2.05, 4.69) is 26.2 Å². The zero-order chi connectivity index (χ0) is 9.84. The second kappa shape index (κ2) is 4.24. The fourth-order valence-corrected chi connectivity index (χ4v) is 1.74. The normalized spacial score (nSPS) is 22.6. The lowest BCUT2D eigenvalue weighted by molar-refractivity contribution is 0.771. The summed E-state index contributed by atoms with van der Waals surface area (Å²) in [7, 11) is 0. The van der Waals surface area contributed by atoms with Gasteiger partial charge in [0.05, 0.1) is 0 Å². The topological polar surface area (TPSA) is 26.0 Å². The molecule has 1 rings (SSSR count). The van der Waals surface area contributed by atoms with Crippen molar-refractivity contribution in [1.29, 1.82) is 0 Å². The van der Waals surface area contributed by atoms with E-state index >= 15 is 0 Å². The average molecular weight is 175 g/mol. The van der Waals surface area contributed by atoms with Crippen molar-refractivity contribution >= 4 is 0 Å². The molecule has 1 unspecified atom stereocenters. The molecular formula is C12H17N. The predicted octanol–water partition coefficient (Wildman–Crippen LogP) is 2.72. The maximum Gasteiger partial charge on any atom is 0.0335 e. The van der Waals surface area contributed by atoms with Gasteiger partial charge in [-0.25, -0.2) is 0 Å². The van der Waals surface area contributed by atoms with Crippen molar-refractivity contribution in [3.05, 3.63) is 48.1 Å². The van der Waals surface area contributed by atoms with Crippen molar-refractivity contribution in [3.8, 4) is 0 Å². The monoisotopic (exact) mass is 175 g/mol. The SMILES string of the molecule is C=CC1=C(C=C)C(N)CC=C1CC. The number of hydrogen-bond acceptors (Lipinski definition) is 1. The van der Waals surface area contributed by atoms with E-state index in [0.717, 1.165) is 18.4 Å². The van der Waals surface area contributed by atoms with E-state index in [9.17, 15) is 0 Å². The van der Waals surface area contributed by atoms with Crippen molar-refractivity contribution in [1.82, 2.24) is 0 Å². The Balaban J connectivity index is 3.14. The molecule has 1 aliphatic rings. The van der Waals surface area contributed by atoms with E-state index in [-0.39, 0.29) is 6.04 Å². The first-order valence-electron chi connectivity index (χ1n) is 4.68. The Kier molecular flexibility index (Phi) is 3.26. The van der Waals surface area contributed by atoms with Crippen molar-refractivity contribution in [3.63, 3.8) is 0 Å². The molecule has 0 aromatic rings. The first-order valence-corrected chi connectivity index (χ1v) is 4.68. The van der Waals surface area contributed by atoms with Gasteiger partial charge in [-0.3, -0.25) is 0 Å². The highest BCUT2D eigenvalue weighted by atomic mass is 14.6. The largest absolute Gasteiger partial charge is 0.324 e. The second-order valence-corrected chi connectivity index (χ2v) is 3.20. The van der Waals surface area contributed by atoms with E-state index in [4.69, 9.17) is 5.73 Å². The van der Waals surface area contributed by atoms with Crippen molar-refractivity contribution < 1.29 is 0 Å². The van der Waals surface area contributed by atoms with Crippen LogP contribution in [-0.4, -0.2) is 6.04 Å². The van der Waals surface area contributed by atoms with Gasteiger partial charge in [-0.2, -0.15) is 0 Å². The van der Waals surface area contributed by atoms with Crippen LogP contribution in [0.5, 0.6) is 0 Å². The minimum absolute atomic E-state index is 0.0980. The minimum atomic E-state index is 0.0980. The van der Waals surface area contributed by atoms with E-state index in [0.29, 0.717) is 0 Å². The molecule has 0 spiro atoms. The number of rotatable bonds is 3. The zero-order valence-electron chi connectivity index (χ0n) is 8.22.